The minimum Gasteiger partial charge on any atom is -0.396 e. The fourth-order valence-corrected chi connectivity index (χ4v) is 3.38. The van der Waals surface area contributed by atoms with E-state index in [1.165, 1.54) is 0 Å². The molecule has 3 fully saturated rings. The molecule has 0 unspecified atom stereocenters. The van der Waals surface area contributed by atoms with Crippen molar-refractivity contribution in [1.29, 1.82) is 0 Å². The van der Waals surface area contributed by atoms with Crippen molar-refractivity contribution < 1.29 is 20.9 Å². The Labute approximate surface area is 125 Å². The van der Waals surface area contributed by atoms with E-state index in [1.807, 2.05) is 9.80 Å². The molecule has 3 aliphatic heterocycles. The standard InChI is InChI=1S/C14H23N3O4.H2/c18-8-10-1-4-16(5-2-10)14(20)17-6-3-12-11(7-17)15-13(19)9-21-12;/h10-12,18H,1-9H2,(H,15,19);1H/t11-,12+;/m0./s1. The van der Waals surface area contributed by atoms with Gasteiger partial charge in [0.05, 0.1) is 12.1 Å². The number of urea groups is 1. The number of rotatable bonds is 1. The van der Waals surface area contributed by atoms with Crippen LogP contribution < -0.4 is 5.32 Å². The molecule has 2 atom stereocenters. The Morgan fingerprint density at radius 1 is 1.29 bits per heavy atom. The summed E-state index contributed by atoms with van der Waals surface area (Å²) in [6.45, 7) is 2.95. The second-order valence-corrected chi connectivity index (χ2v) is 6.15. The van der Waals surface area contributed by atoms with Gasteiger partial charge in [0.15, 0.2) is 0 Å². The number of morpholine rings is 1. The third-order valence-corrected chi connectivity index (χ3v) is 4.74. The average Bonchev–Trinajstić information content (AvgIpc) is 2.53. The van der Waals surface area contributed by atoms with E-state index < -0.39 is 0 Å². The largest absolute Gasteiger partial charge is 0.396 e. The van der Waals surface area contributed by atoms with Gasteiger partial charge in [0.1, 0.15) is 6.61 Å². The maximum absolute atomic E-state index is 12.5. The summed E-state index contributed by atoms with van der Waals surface area (Å²) in [5, 5.41) is 12.1. The van der Waals surface area contributed by atoms with Crippen LogP contribution in [-0.4, -0.2) is 78.4 Å². The van der Waals surface area contributed by atoms with Crippen molar-refractivity contribution in [3.8, 4) is 0 Å². The molecule has 0 aromatic carbocycles. The van der Waals surface area contributed by atoms with Crippen molar-refractivity contribution in [2.24, 2.45) is 5.92 Å². The molecule has 3 saturated heterocycles. The number of carbonyl (C=O) groups excluding carboxylic acids is 2. The molecule has 120 valence electrons. The first kappa shape index (κ1) is 14.6. The van der Waals surface area contributed by atoms with Crippen LogP contribution in [0.1, 0.15) is 20.7 Å². The van der Waals surface area contributed by atoms with Crippen LogP contribution in [0, 0.1) is 5.92 Å². The highest BCUT2D eigenvalue weighted by Crippen LogP contribution is 2.21. The number of aliphatic hydroxyl groups is 1. The van der Waals surface area contributed by atoms with E-state index in [9.17, 15) is 9.59 Å². The third kappa shape index (κ3) is 3.13. The number of likely N-dealkylation sites (tertiary alicyclic amines) is 2. The number of nitrogens with zero attached hydrogens (tertiary/aromatic N) is 2. The molecular weight excluding hydrogens is 274 g/mol. The van der Waals surface area contributed by atoms with Crippen molar-refractivity contribution in [2.45, 2.75) is 31.4 Å². The summed E-state index contributed by atoms with van der Waals surface area (Å²) in [4.78, 5) is 27.6. The topological polar surface area (TPSA) is 82.1 Å². The lowest BCUT2D eigenvalue weighted by molar-refractivity contribution is -0.139. The molecule has 0 spiro atoms. The molecule has 3 amide bonds. The van der Waals surface area contributed by atoms with Gasteiger partial charge >= 0.3 is 6.03 Å². The number of amides is 3. The van der Waals surface area contributed by atoms with Gasteiger partial charge in [-0.05, 0) is 25.2 Å². The maximum Gasteiger partial charge on any atom is 0.320 e. The van der Waals surface area contributed by atoms with E-state index in [4.69, 9.17) is 9.84 Å². The lowest BCUT2D eigenvalue weighted by Crippen LogP contribution is -2.62. The number of piperidine rings is 2. The van der Waals surface area contributed by atoms with E-state index in [1.54, 1.807) is 0 Å². The van der Waals surface area contributed by atoms with Crippen molar-refractivity contribution in [3.05, 3.63) is 0 Å². The van der Waals surface area contributed by atoms with Gasteiger partial charge in [-0.3, -0.25) is 4.79 Å². The number of hydrogen-bond acceptors (Lipinski definition) is 4. The van der Waals surface area contributed by atoms with Crippen molar-refractivity contribution >= 4 is 11.9 Å². The number of carbonyl (C=O) groups is 2. The van der Waals surface area contributed by atoms with E-state index in [2.05, 4.69) is 5.32 Å². The highest BCUT2D eigenvalue weighted by Gasteiger charge is 2.37. The normalized spacial score (nSPS) is 30.8. The minimum atomic E-state index is -0.102. The summed E-state index contributed by atoms with van der Waals surface area (Å²) in [7, 11) is 0. The van der Waals surface area contributed by atoms with E-state index in [0.29, 0.717) is 32.1 Å². The Kier molecular flexibility index (Phi) is 4.30. The first-order valence-corrected chi connectivity index (χ1v) is 7.73. The minimum absolute atomic E-state index is 0. The summed E-state index contributed by atoms with van der Waals surface area (Å²) in [5.74, 6) is 0.222. The summed E-state index contributed by atoms with van der Waals surface area (Å²) in [6.07, 6.45) is 2.53. The Morgan fingerprint density at radius 2 is 2.00 bits per heavy atom. The summed E-state index contributed by atoms with van der Waals surface area (Å²) < 4.78 is 5.50. The Bertz CT molecular complexity index is 415. The van der Waals surface area contributed by atoms with E-state index >= 15 is 0 Å². The van der Waals surface area contributed by atoms with Crippen LogP contribution in [-0.2, 0) is 9.53 Å². The smallest absolute Gasteiger partial charge is 0.320 e. The van der Waals surface area contributed by atoms with Crippen LogP contribution in [0.3, 0.4) is 0 Å². The Hall–Kier alpha value is -1.34. The van der Waals surface area contributed by atoms with E-state index in [-0.39, 0.29) is 38.7 Å². The third-order valence-electron chi connectivity index (χ3n) is 4.74. The van der Waals surface area contributed by atoms with Gasteiger partial charge in [0.2, 0.25) is 5.91 Å². The van der Waals surface area contributed by atoms with Gasteiger partial charge in [-0.1, -0.05) is 0 Å². The molecule has 21 heavy (non-hydrogen) atoms. The van der Waals surface area contributed by atoms with Crippen molar-refractivity contribution in [2.75, 3.05) is 39.4 Å². The molecule has 0 aliphatic carbocycles. The van der Waals surface area contributed by atoms with Gasteiger partial charge in [0.25, 0.3) is 0 Å². The molecular formula is C14H25N3O4. The van der Waals surface area contributed by atoms with Crippen molar-refractivity contribution in [3.63, 3.8) is 0 Å². The average molecular weight is 299 g/mol. The molecule has 2 N–H and O–H groups in total. The van der Waals surface area contributed by atoms with Gasteiger partial charge in [0, 0.05) is 34.2 Å². The molecule has 0 radical (unpaired) electrons. The lowest BCUT2D eigenvalue weighted by atomic mass is 9.97. The van der Waals surface area contributed by atoms with Crippen LogP contribution in [0.15, 0.2) is 0 Å². The predicted molar refractivity (Wildman–Crippen MR) is 76.8 cm³/mol. The number of hydrogen-bond donors (Lipinski definition) is 2. The number of nitrogens with one attached hydrogen (secondary N) is 1. The number of aliphatic hydroxyl groups excluding tert-OH is 1. The van der Waals surface area contributed by atoms with Gasteiger partial charge in [-0.15, -0.1) is 0 Å². The molecule has 7 heteroatoms. The molecule has 0 aromatic heterocycles. The molecule has 0 aromatic rings. The quantitative estimate of drug-likeness (QED) is 0.693. The van der Waals surface area contributed by atoms with Crippen LogP contribution in [0.25, 0.3) is 0 Å². The zero-order valence-corrected chi connectivity index (χ0v) is 12.2. The maximum atomic E-state index is 12.5. The van der Waals surface area contributed by atoms with Gasteiger partial charge in [-0.2, -0.15) is 0 Å². The van der Waals surface area contributed by atoms with Crippen LogP contribution in [0.2, 0.25) is 0 Å². The molecule has 3 heterocycles. The molecule has 3 rings (SSSR count). The van der Waals surface area contributed by atoms with Crippen molar-refractivity contribution in [1.82, 2.24) is 15.1 Å². The first-order valence-electron chi connectivity index (χ1n) is 7.73. The molecule has 7 nitrogen and oxygen atoms in total. The second-order valence-electron chi connectivity index (χ2n) is 6.15. The monoisotopic (exact) mass is 299 g/mol. The zero-order valence-electron chi connectivity index (χ0n) is 12.2. The van der Waals surface area contributed by atoms with Crippen LogP contribution >= 0.6 is 0 Å². The zero-order chi connectivity index (χ0) is 14.8. The summed E-state index contributed by atoms with van der Waals surface area (Å²) >= 11 is 0. The highest BCUT2D eigenvalue weighted by molar-refractivity contribution is 5.79. The molecule has 0 bridgehead atoms. The van der Waals surface area contributed by atoms with E-state index in [0.717, 1.165) is 19.3 Å². The molecule has 0 saturated carbocycles. The second kappa shape index (κ2) is 6.19. The Balaban J connectivity index is 0.00000176. The fraction of sp³-hybridized carbons (Fsp3) is 0.857. The van der Waals surface area contributed by atoms with Crippen LogP contribution in [0.5, 0.6) is 0 Å². The number of ether oxygens (including phenoxy) is 1. The predicted octanol–water partition coefficient (Wildman–Crippen LogP) is -0.354. The lowest BCUT2D eigenvalue weighted by Gasteiger charge is -2.43. The summed E-state index contributed by atoms with van der Waals surface area (Å²) in [5.41, 5.74) is 0. The van der Waals surface area contributed by atoms with Gasteiger partial charge in [-0.25, -0.2) is 4.79 Å². The first-order chi connectivity index (χ1) is 10.2. The number of fused-ring (bicyclic) bond motifs is 1. The summed E-state index contributed by atoms with van der Waals surface area (Å²) in [6, 6.07) is -0.0383. The fourth-order valence-electron chi connectivity index (χ4n) is 3.38. The van der Waals surface area contributed by atoms with Gasteiger partial charge < -0.3 is 25.0 Å². The Morgan fingerprint density at radius 3 is 2.71 bits per heavy atom. The van der Waals surface area contributed by atoms with Crippen LogP contribution in [0.4, 0.5) is 4.79 Å². The molecule has 3 aliphatic rings. The SMILES string of the molecule is O=C1CO[C@@H]2CCN(C(=O)N3CCC(CO)CC3)C[C@@H]2N1.[HH]. The highest BCUT2D eigenvalue weighted by atomic mass is 16.5.